The van der Waals surface area contributed by atoms with Gasteiger partial charge in [-0.15, -0.1) is 0 Å². The number of carbonyl (C=O) groups is 1. The minimum absolute atomic E-state index is 0.0296. The Balaban J connectivity index is 1.71. The van der Waals surface area contributed by atoms with Crippen molar-refractivity contribution in [3.63, 3.8) is 0 Å². The van der Waals surface area contributed by atoms with Crippen molar-refractivity contribution < 1.29 is 4.79 Å². The third kappa shape index (κ3) is 4.54. The first kappa shape index (κ1) is 14.4. The first-order chi connectivity index (χ1) is 9.17. The monoisotopic (exact) mass is 282 g/mol. The zero-order valence-corrected chi connectivity index (χ0v) is 12.4. The van der Waals surface area contributed by atoms with E-state index in [9.17, 15) is 4.79 Å². The maximum absolute atomic E-state index is 11.9. The zero-order chi connectivity index (χ0) is 13.7. The van der Waals surface area contributed by atoms with Crippen LogP contribution in [-0.4, -0.2) is 52.2 Å². The maximum Gasteiger partial charge on any atom is 0.239 e. The second-order valence-corrected chi connectivity index (χ2v) is 6.01. The number of likely N-dealkylation sites (tertiary alicyclic amines) is 1. The Morgan fingerprint density at radius 3 is 2.84 bits per heavy atom. The molecule has 0 saturated carbocycles. The van der Waals surface area contributed by atoms with E-state index in [2.05, 4.69) is 21.6 Å². The number of piperidine rings is 1. The van der Waals surface area contributed by atoms with Gasteiger partial charge in [-0.05, 0) is 43.9 Å². The number of hydrogen-bond acceptors (Lipinski definition) is 4. The minimum atomic E-state index is 0.0296. The van der Waals surface area contributed by atoms with Crippen LogP contribution in [0.3, 0.4) is 0 Å². The fourth-order valence-electron chi connectivity index (χ4n) is 2.41. The molecule has 6 heteroatoms. The quantitative estimate of drug-likeness (QED) is 0.888. The van der Waals surface area contributed by atoms with Crippen molar-refractivity contribution in [2.24, 2.45) is 13.0 Å². The van der Waals surface area contributed by atoms with Gasteiger partial charge in [0.25, 0.3) is 0 Å². The normalized spacial score (nSPS) is 17.6. The highest BCUT2D eigenvalue weighted by Gasteiger charge is 2.20. The average Bonchev–Trinajstić information content (AvgIpc) is 2.77. The predicted octanol–water partition coefficient (Wildman–Crippen LogP) is 1.43. The van der Waals surface area contributed by atoms with Gasteiger partial charge in [0.2, 0.25) is 5.91 Å². The molecule has 1 fully saturated rings. The Morgan fingerprint density at radius 2 is 2.26 bits per heavy atom. The van der Waals surface area contributed by atoms with Gasteiger partial charge in [-0.3, -0.25) is 14.4 Å². The Hall–Kier alpha value is -1.01. The van der Waals surface area contributed by atoms with Gasteiger partial charge in [0.05, 0.1) is 6.54 Å². The number of amides is 1. The van der Waals surface area contributed by atoms with Crippen molar-refractivity contribution in [2.45, 2.75) is 12.8 Å². The number of aryl methyl sites for hydroxylation is 1. The molecule has 2 heterocycles. The van der Waals surface area contributed by atoms with Crippen LogP contribution in [0.1, 0.15) is 12.8 Å². The fourth-order valence-corrected chi connectivity index (χ4v) is 3.22. The maximum atomic E-state index is 11.9. The Kier molecular flexibility index (Phi) is 5.27. The summed E-state index contributed by atoms with van der Waals surface area (Å²) in [6, 6.07) is 1.81. The summed E-state index contributed by atoms with van der Waals surface area (Å²) in [5, 5.41) is 6.97. The van der Waals surface area contributed by atoms with Crippen LogP contribution in [0.4, 0.5) is 5.82 Å². The molecule has 0 radical (unpaired) electrons. The first-order valence-electron chi connectivity index (χ1n) is 6.68. The molecule has 0 aliphatic carbocycles. The molecule has 1 aliphatic heterocycles. The molecule has 5 nitrogen and oxygen atoms in total. The summed E-state index contributed by atoms with van der Waals surface area (Å²) in [5.41, 5.74) is 0. The summed E-state index contributed by atoms with van der Waals surface area (Å²) < 4.78 is 1.68. The summed E-state index contributed by atoms with van der Waals surface area (Å²) in [4.78, 5) is 14.1. The molecule has 1 aromatic heterocycles. The highest BCUT2D eigenvalue weighted by molar-refractivity contribution is 7.98. The molecule has 1 saturated heterocycles. The van der Waals surface area contributed by atoms with Crippen LogP contribution in [0.2, 0.25) is 0 Å². The van der Waals surface area contributed by atoms with Crippen LogP contribution >= 0.6 is 11.8 Å². The summed E-state index contributed by atoms with van der Waals surface area (Å²) >= 11 is 1.92. The number of aromatic nitrogens is 2. The van der Waals surface area contributed by atoms with E-state index in [0.717, 1.165) is 19.0 Å². The molecule has 106 valence electrons. The molecule has 0 aromatic carbocycles. The van der Waals surface area contributed by atoms with Crippen LogP contribution in [0.25, 0.3) is 0 Å². The van der Waals surface area contributed by atoms with Crippen molar-refractivity contribution >= 4 is 23.5 Å². The largest absolute Gasteiger partial charge is 0.308 e. The molecule has 1 amide bonds. The first-order valence-corrected chi connectivity index (χ1v) is 8.07. The molecule has 0 spiro atoms. The van der Waals surface area contributed by atoms with Gasteiger partial charge in [0, 0.05) is 19.3 Å². The molecule has 1 aromatic rings. The van der Waals surface area contributed by atoms with Crippen LogP contribution in [0.5, 0.6) is 0 Å². The molecule has 0 unspecified atom stereocenters. The number of anilines is 1. The van der Waals surface area contributed by atoms with E-state index in [-0.39, 0.29) is 5.91 Å². The van der Waals surface area contributed by atoms with Crippen LogP contribution in [0, 0.1) is 5.92 Å². The van der Waals surface area contributed by atoms with Crippen molar-refractivity contribution in [1.29, 1.82) is 0 Å². The van der Waals surface area contributed by atoms with Gasteiger partial charge < -0.3 is 5.32 Å². The van der Waals surface area contributed by atoms with Gasteiger partial charge in [0.1, 0.15) is 0 Å². The van der Waals surface area contributed by atoms with Crippen molar-refractivity contribution in [3.8, 4) is 0 Å². The molecule has 0 bridgehead atoms. The number of rotatable bonds is 5. The highest BCUT2D eigenvalue weighted by atomic mass is 32.2. The molecule has 1 N–H and O–H groups in total. The van der Waals surface area contributed by atoms with Gasteiger partial charge in [0.15, 0.2) is 5.82 Å². The zero-order valence-electron chi connectivity index (χ0n) is 11.6. The number of nitrogens with one attached hydrogen (secondary N) is 1. The summed E-state index contributed by atoms with van der Waals surface area (Å²) in [6.07, 6.45) is 6.39. The van der Waals surface area contributed by atoms with E-state index in [1.54, 1.807) is 4.68 Å². The molecule has 1 aliphatic rings. The minimum Gasteiger partial charge on any atom is -0.308 e. The van der Waals surface area contributed by atoms with Crippen LogP contribution in [-0.2, 0) is 11.8 Å². The van der Waals surface area contributed by atoms with Crippen molar-refractivity contribution in [2.75, 3.05) is 37.0 Å². The third-order valence-corrected chi connectivity index (χ3v) is 4.26. The predicted molar refractivity (Wildman–Crippen MR) is 79.4 cm³/mol. The molecular formula is C13H22N4OS. The molecule has 2 rings (SSSR count). The lowest BCUT2D eigenvalue weighted by Gasteiger charge is -2.30. The molecule has 0 atom stereocenters. The third-order valence-electron chi connectivity index (χ3n) is 3.46. The Morgan fingerprint density at radius 1 is 1.53 bits per heavy atom. The van der Waals surface area contributed by atoms with Crippen molar-refractivity contribution in [1.82, 2.24) is 14.7 Å². The summed E-state index contributed by atoms with van der Waals surface area (Å²) in [6.45, 7) is 2.53. The van der Waals surface area contributed by atoms with E-state index in [1.165, 1.54) is 18.6 Å². The Labute approximate surface area is 118 Å². The SMILES string of the molecule is CSCC1CCN(CC(=O)Nc2ccn(C)n2)CC1. The lowest BCUT2D eigenvalue weighted by molar-refractivity contribution is -0.117. The summed E-state index contributed by atoms with van der Waals surface area (Å²) in [5.74, 6) is 2.73. The van der Waals surface area contributed by atoms with E-state index in [0.29, 0.717) is 12.4 Å². The molecular weight excluding hydrogens is 260 g/mol. The average molecular weight is 282 g/mol. The lowest BCUT2D eigenvalue weighted by atomic mass is 9.99. The highest BCUT2D eigenvalue weighted by Crippen LogP contribution is 2.20. The van der Waals surface area contributed by atoms with E-state index in [1.807, 2.05) is 31.1 Å². The van der Waals surface area contributed by atoms with Crippen molar-refractivity contribution in [3.05, 3.63) is 12.3 Å². The Bertz CT molecular complexity index is 413. The van der Waals surface area contributed by atoms with Crippen LogP contribution < -0.4 is 5.32 Å². The van der Waals surface area contributed by atoms with E-state index < -0.39 is 0 Å². The topological polar surface area (TPSA) is 50.2 Å². The number of nitrogens with zero attached hydrogens (tertiary/aromatic N) is 3. The second-order valence-electron chi connectivity index (χ2n) is 5.10. The molecule has 19 heavy (non-hydrogen) atoms. The number of thioether (sulfide) groups is 1. The standard InChI is InChI=1S/C13H22N4OS/c1-16-6-5-12(15-16)14-13(18)9-17-7-3-11(4-8-17)10-19-2/h5-6,11H,3-4,7-10H2,1-2H3,(H,14,15,18). The number of hydrogen-bond donors (Lipinski definition) is 1. The van der Waals surface area contributed by atoms with E-state index in [4.69, 9.17) is 0 Å². The number of carbonyl (C=O) groups excluding carboxylic acids is 1. The fraction of sp³-hybridized carbons (Fsp3) is 0.692. The van der Waals surface area contributed by atoms with E-state index >= 15 is 0 Å². The van der Waals surface area contributed by atoms with Gasteiger partial charge >= 0.3 is 0 Å². The van der Waals surface area contributed by atoms with Gasteiger partial charge in [-0.25, -0.2) is 0 Å². The van der Waals surface area contributed by atoms with Gasteiger partial charge in [-0.1, -0.05) is 0 Å². The smallest absolute Gasteiger partial charge is 0.239 e. The summed E-state index contributed by atoms with van der Waals surface area (Å²) in [7, 11) is 1.84. The second kappa shape index (κ2) is 6.96. The van der Waals surface area contributed by atoms with Gasteiger partial charge in [-0.2, -0.15) is 16.9 Å². The van der Waals surface area contributed by atoms with Crippen LogP contribution in [0.15, 0.2) is 12.3 Å². The lowest BCUT2D eigenvalue weighted by Crippen LogP contribution is -2.39.